The Bertz CT molecular complexity index is 891. The van der Waals surface area contributed by atoms with Crippen molar-refractivity contribution in [1.29, 1.82) is 0 Å². The quantitative estimate of drug-likeness (QED) is 0.457. The molecule has 0 radical (unpaired) electrons. The number of fused-ring (bicyclic) bond motifs is 1. The zero-order chi connectivity index (χ0) is 18.2. The molecule has 3 aromatic rings. The number of nitrogens with one attached hydrogen (secondary N) is 1. The maximum absolute atomic E-state index is 12.8. The molecule has 0 saturated carbocycles. The fourth-order valence-electron chi connectivity index (χ4n) is 2.46. The van der Waals surface area contributed by atoms with Gasteiger partial charge in [0.15, 0.2) is 0 Å². The van der Waals surface area contributed by atoms with Gasteiger partial charge in [-0.25, -0.2) is 0 Å². The molecule has 0 spiro atoms. The van der Waals surface area contributed by atoms with E-state index in [1.807, 2.05) is 57.2 Å². The van der Waals surface area contributed by atoms with E-state index in [0.717, 1.165) is 20.3 Å². The van der Waals surface area contributed by atoms with E-state index in [-0.39, 0.29) is 10.8 Å². The highest BCUT2D eigenvalue weighted by atomic mass is 79.9. The zero-order valence-electron chi connectivity index (χ0n) is 14.2. The third kappa shape index (κ3) is 4.24. The van der Waals surface area contributed by atoms with Gasteiger partial charge in [-0.3, -0.25) is 0 Å². The molecule has 25 heavy (non-hydrogen) atoms. The van der Waals surface area contributed by atoms with Gasteiger partial charge in [0, 0.05) is 30.4 Å². The summed E-state index contributed by atoms with van der Waals surface area (Å²) in [6, 6.07) is 15.8. The van der Waals surface area contributed by atoms with Crippen LogP contribution in [0.15, 0.2) is 53.0 Å². The van der Waals surface area contributed by atoms with Gasteiger partial charge in [-0.05, 0) is 65.8 Å². The number of hydrogen-bond donors (Lipinski definition) is 1. The van der Waals surface area contributed by atoms with Crippen LogP contribution in [0.4, 0.5) is 0 Å². The molecule has 0 fully saturated rings. The van der Waals surface area contributed by atoms with E-state index in [1.165, 1.54) is 4.70 Å². The van der Waals surface area contributed by atoms with Crippen LogP contribution in [-0.4, -0.2) is 9.30 Å². The smallest absolute Gasteiger partial charge is 0.136 e. The van der Waals surface area contributed by atoms with E-state index in [1.54, 1.807) is 11.3 Å². The predicted octanol–water partition coefficient (Wildman–Crippen LogP) is 6.46. The maximum atomic E-state index is 12.8. The highest BCUT2D eigenvalue weighted by molar-refractivity contribution is 9.10. The lowest BCUT2D eigenvalue weighted by Crippen LogP contribution is -2.41. The summed E-state index contributed by atoms with van der Waals surface area (Å²) in [6.45, 7) is 5.88. The van der Waals surface area contributed by atoms with Crippen LogP contribution in [-0.2, 0) is 11.4 Å². The first-order chi connectivity index (χ1) is 11.8. The van der Waals surface area contributed by atoms with Gasteiger partial charge < -0.3 is 4.55 Å². The Hall–Kier alpha value is -0.560. The van der Waals surface area contributed by atoms with Crippen molar-refractivity contribution < 1.29 is 4.55 Å². The van der Waals surface area contributed by atoms with Crippen molar-refractivity contribution in [2.75, 3.05) is 0 Å². The van der Waals surface area contributed by atoms with Crippen LogP contribution in [0.1, 0.15) is 37.3 Å². The molecule has 0 bridgehead atoms. The van der Waals surface area contributed by atoms with Crippen molar-refractivity contribution in [1.82, 2.24) is 4.72 Å². The summed E-state index contributed by atoms with van der Waals surface area (Å²) in [5.74, 6) is 0. The average Bonchev–Trinajstić information content (AvgIpc) is 2.97. The molecule has 0 aliphatic rings. The molecule has 3 rings (SSSR count). The maximum Gasteiger partial charge on any atom is 0.136 e. The molecule has 1 aromatic heterocycles. The van der Waals surface area contributed by atoms with E-state index in [4.69, 9.17) is 11.6 Å². The van der Waals surface area contributed by atoms with Crippen LogP contribution in [0.25, 0.3) is 10.1 Å². The van der Waals surface area contributed by atoms with E-state index in [9.17, 15) is 4.55 Å². The molecule has 1 unspecified atom stereocenters. The second-order valence-corrected chi connectivity index (χ2v) is 11.1. The van der Waals surface area contributed by atoms with E-state index < -0.39 is 11.4 Å². The van der Waals surface area contributed by atoms with Gasteiger partial charge in [-0.2, -0.15) is 0 Å². The van der Waals surface area contributed by atoms with Crippen molar-refractivity contribution in [2.45, 2.75) is 31.6 Å². The first kappa shape index (κ1) is 19.2. The van der Waals surface area contributed by atoms with E-state index >= 15 is 0 Å². The first-order valence-electron chi connectivity index (χ1n) is 7.88. The van der Waals surface area contributed by atoms with Gasteiger partial charge in [0.05, 0.1) is 0 Å². The van der Waals surface area contributed by atoms with Gasteiger partial charge in [-0.1, -0.05) is 41.9 Å². The van der Waals surface area contributed by atoms with Crippen LogP contribution in [0, 0.1) is 0 Å². The van der Waals surface area contributed by atoms with Crippen LogP contribution in [0.2, 0.25) is 5.02 Å². The van der Waals surface area contributed by atoms with Crippen LogP contribution in [0.5, 0.6) is 0 Å². The van der Waals surface area contributed by atoms with Gasteiger partial charge in [-0.15, -0.1) is 16.1 Å². The molecule has 0 saturated heterocycles. The van der Waals surface area contributed by atoms with Crippen LogP contribution in [0.3, 0.4) is 0 Å². The zero-order valence-corrected chi connectivity index (χ0v) is 18.2. The number of halogens is 2. The summed E-state index contributed by atoms with van der Waals surface area (Å²) < 4.78 is 17.9. The Morgan fingerprint density at radius 2 is 1.88 bits per heavy atom. The van der Waals surface area contributed by atoms with E-state index in [0.29, 0.717) is 5.02 Å². The molecule has 2 aromatic carbocycles. The number of benzene rings is 2. The summed E-state index contributed by atoms with van der Waals surface area (Å²) in [6.07, 6.45) is 0. The topological polar surface area (TPSA) is 35.1 Å². The fourth-order valence-corrected chi connectivity index (χ4v) is 5.36. The van der Waals surface area contributed by atoms with Gasteiger partial charge in [0.2, 0.25) is 0 Å². The normalized spacial score (nSPS) is 14.6. The second-order valence-electron chi connectivity index (χ2n) is 6.76. The minimum absolute atomic E-state index is 0.224. The summed E-state index contributed by atoms with van der Waals surface area (Å²) in [5, 5.41) is 1.83. The molecular formula is C19H19BrClNOS2. The Morgan fingerprint density at radius 1 is 1.16 bits per heavy atom. The Labute approximate surface area is 169 Å². The SMILES string of the molecule is CC(C)(C)[S+]([O-])N[C@@H](c1cc2cccc(Br)c2s1)c1ccccc1Cl. The lowest BCUT2D eigenvalue weighted by atomic mass is 10.1. The molecule has 1 heterocycles. The second kappa shape index (κ2) is 7.59. The molecule has 2 atom stereocenters. The van der Waals surface area contributed by atoms with Gasteiger partial charge in [0.25, 0.3) is 0 Å². The number of thiophene rings is 1. The van der Waals surface area contributed by atoms with E-state index in [2.05, 4.69) is 32.8 Å². The summed E-state index contributed by atoms with van der Waals surface area (Å²) in [5.41, 5.74) is 0.935. The lowest BCUT2D eigenvalue weighted by molar-refractivity contribution is 0.536. The Kier molecular flexibility index (Phi) is 5.83. The summed E-state index contributed by atoms with van der Waals surface area (Å²) >= 11 is 10.5. The minimum Gasteiger partial charge on any atom is -0.598 e. The highest BCUT2D eigenvalue weighted by Crippen LogP contribution is 2.39. The predicted molar refractivity (Wildman–Crippen MR) is 114 cm³/mol. The van der Waals surface area contributed by atoms with Crippen molar-refractivity contribution >= 4 is 60.3 Å². The molecule has 6 heteroatoms. The van der Waals surface area contributed by atoms with Crippen molar-refractivity contribution in [3.05, 3.63) is 68.5 Å². The minimum atomic E-state index is -1.22. The molecule has 2 nitrogen and oxygen atoms in total. The monoisotopic (exact) mass is 455 g/mol. The number of hydrogen-bond acceptors (Lipinski definition) is 3. The standard InChI is InChI=1S/C19H19BrClNOS2/c1-19(2,3)25(23)22-17(13-8-4-5-10-15(13)21)16-11-12-7-6-9-14(20)18(12)24-16/h4-11,17,22H,1-3H3/t17-,25?/m1/s1. The summed E-state index contributed by atoms with van der Waals surface area (Å²) in [7, 11) is 0. The number of rotatable bonds is 4. The fraction of sp³-hybridized carbons (Fsp3) is 0.263. The molecule has 1 N–H and O–H groups in total. The molecule has 0 aliphatic carbocycles. The first-order valence-corrected chi connectivity index (χ1v) is 11.0. The van der Waals surface area contributed by atoms with Crippen molar-refractivity contribution in [3.8, 4) is 0 Å². The molecular weight excluding hydrogens is 438 g/mol. The third-order valence-corrected chi connectivity index (χ3v) is 7.88. The van der Waals surface area contributed by atoms with Crippen molar-refractivity contribution in [2.24, 2.45) is 0 Å². The average molecular weight is 457 g/mol. The summed E-state index contributed by atoms with van der Waals surface area (Å²) in [4.78, 5) is 1.09. The molecule has 0 aliphatic heterocycles. The lowest BCUT2D eigenvalue weighted by Gasteiger charge is -2.28. The molecule has 0 amide bonds. The largest absolute Gasteiger partial charge is 0.598 e. The molecule has 132 valence electrons. The van der Waals surface area contributed by atoms with Gasteiger partial charge in [0.1, 0.15) is 10.8 Å². The van der Waals surface area contributed by atoms with Crippen molar-refractivity contribution in [3.63, 3.8) is 0 Å². The van der Waals surface area contributed by atoms with Crippen LogP contribution >= 0.6 is 38.9 Å². The Balaban J connectivity index is 2.09. The van der Waals surface area contributed by atoms with Gasteiger partial charge >= 0.3 is 0 Å². The Morgan fingerprint density at radius 3 is 2.52 bits per heavy atom. The highest BCUT2D eigenvalue weighted by Gasteiger charge is 2.32. The van der Waals surface area contributed by atoms with Crippen LogP contribution < -0.4 is 4.72 Å². The third-order valence-electron chi connectivity index (χ3n) is 3.80.